The molecule has 0 fully saturated rings. The van der Waals surface area contributed by atoms with Gasteiger partial charge in [0.25, 0.3) is 0 Å². The highest BCUT2D eigenvalue weighted by molar-refractivity contribution is 5.93. The van der Waals surface area contributed by atoms with Crippen LogP contribution in [0.5, 0.6) is 11.5 Å². The Kier molecular flexibility index (Phi) is 7.11. The Hall–Kier alpha value is -3.47. The number of hydrogen-bond acceptors (Lipinski definition) is 4. The largest absolute Gasteiger partial charge is 0.457 e. The summed E-state index contributed by atoms with van der Waals surface area (Å²) in [6, 6.07) is 25.0. The highest BCUT2D eigenvalue weighted by Crippen LogP contribution is 2.22. The fourth-order valence-corrected chi connectivity index (χ4v) is 3.00. The average Bonchev–Trinajstić information content (AvgIpc) is 2.76. The van der Waals surface area contributed by atoms with Gasteiger partial charge in [-0.2, -0.15) is 0 Å². The maximum Gasteiger partial charge on any atom is 0.243 e. The number of nitrogens with one attached hydrogen (secondary N) is 2. The first kappa shape index (κ1) is 20.3. The summed E-state index contributed by atoms with van der Waals surface area (Å²) in [5.74, 6) is 1.40. The molecule has 0 bridgehead atoms. The van der Waals surface area contributed by atoms with E-state index in [9.17, 15) is 4.79 Å². The third-order valence-electron chi connectivity index (χ3n) is 4.57. The number of anilines is 3. The number of para-hydroxylation sites is 1. The van der Waals surface area contributed by atoms with Crippen molar-refractivity contribution in [3.05, 3.63) is 78.9 Å². The molecule has 0 spiro atoms. The number of carbonyl (C=O) groups is 1. The van der Waals surface area contributed by atoms with Gasteiger partial charge >= 0.3 is 0 Å². The summed E-state index contributed by atoms with van der Waals surface area (Å²) >= 11 is 0. The van der Waals surface area contributed by atoms with Crippen molar-refractivity contribution >= 4 is 23.0 Å². The number of ether oxygens (including phenoxy) is 1. The molecule has 0 heterocycles. The minimum absolute atomic E-state index is 0.102. The van der Waals surface area contributed by atoms with Crippen LogP contribution in [0.4, 0.5) is 17.1 Å². The first-order valence-electron chi connectivity index (χ1n) is 9.89. The van der Waals surface area contributed by atoms with Gasteiger partial charge in [-0.3, -0.25) is 4.79 Å². The Labute approximate surface area is 172 Å². The lowest BCUT2D eigenvalue weighted by atomic mass is 10.2. The molecule has 150 valence electrons. The van der Waals surface area contributed by atoms with Crippen molar-refractivity contribution < 1.29 is 9.53 Å². The molecule has 29 heavy (non-hydrogen) atoms. The van der Waals surface area contributed by atoms with Crippen molar-refractivity contribution in [1.29, 1.82) is 0 Å². The summed E-state index contributed by atoms with van der Waals surface area (Å²) < 4.78 is 5.76. The lowest BCUT2D eigenvalue weighted by Gasteiger charge is -2.21. The summed E-state index contributed by atoms with van der Waals surface area (Å²) in [6.07, 6.45) is 0. The summed E-state index contributed by atoms with van der Waals surface area (Å²) in [7, 11) is 0. The molecule has 0 unspecified atom stereocenters. The summed E-state index contributed by atoms with van der Waals surface area (Å²) in [4.78, 5) is 14.5. The molecule has 0 aliphatic rings. The van der Waals surface area contributed by atoms with Crippen molar-refractivity contribution in [2.24, 2.45) is 0 Å². The highest BCUT2D eigenvalue weighted by atomic mass is 16.5. The van der Waals surface area contributed by atoms with E-state index in [1.54, 1.807) is 0 Å². The Morgan fingerprint density at radius 2 is 1.38 bits per heavy atom. The second-order valence-electron chi connectivity index (χ2n) is 6.56. The van der Waals surface area contributed by atoms with Crippen LogP contribution in [0, 0.1) is 0 Å². The van der Waals surface area contributed by atoms with Crippen LogP contribution in [-0.2, 0) is 4.79 Å². The van der Waals surface area contributed by atoms with E-state index >= 15 is 0 Å². The quantitative estimate of drug-likeness (QED) is 0.516. The van der Waals surface area contributed by atoms with Gasteiger partial charge in [-0.1, -0.05) is 18.2 Å². The van der Waals surface area contributed by atoms with Crippen LogP contribution in [0.2, 0.25) is 0 Å². The van der Waals surface area contributed by atoms with Crippen LogP contribution in [0.25, 0.3) is 0 Å². The number of benzene rings is 3. The van der Waals surface area contributed by atoms with Gasteiger partial charge < -0.3 is 20.3 Å². The molecule has 1 amide bonds. The molecule has 3 aromatic rings. The minimum atomic E-state index is -0.102. The van der Waals surface area contributed by atoms with Crippen molar-refractivity contribution in [3.63, 3.8) is 0 Å². The van der Waals surface area contributed by atoms with Gasteiger partial charge in [-0.05, 0) is 74.5 Å². The fraction of sp³-hybridized carbons (Fsp3) is 0.208. The van der Waals surface area contributed by atoms with Crippen LogP contribution in [0.15, 0.2) is 78.9 Å². The molecule has 0 aliphatic carbocycles. The fourth-order valence-electron chi connectivity index (χ4n) is 3.00. The normalized spacial score (nSPS) is 10.3. The Morgan fingerprint density at radius 3 is 2.00 bits per heavy atom. The van der Waals surface area contributed by atoms with Crippen LogP contribution in [-0.4, -0.2) is 25.5 Å². The van der Waals surface area contributed by atoms with Gasteiger partial charge in [0, 0.05) is 30.2 Å². The molecule has 3 aromatic carbocycles. The molecule has 0 saturated heterocycles. The lowest BCUT2D eigenvalue weighted by Crippen LogP contribution is -2.22. The SMILES string of the molecule is CCN(CC)c1ccc(NCC(=O)Nc2ccc(Oc3ccccc3)cc2)cc1. The van der Waals surface area contributed by atoms with E-state index in [0.717, 1.165) is 36.0 Å². The zero-order chi connectivity index (χ0) is 20.5. The number of nitrogens with zero attached hydrogens (tertiary/aromatic N) is 1. The van der Waals surface area contributed by atoms with E-state index in [0.29, 0.717) is 0 Å². The van der Waals surface area contributed by atoms with Gasteiger partial charge in [0.1, 0.15) is 11.5 Å². The standard InChI is InChI=1S/C24H27N3O2/c1-3-27(4-2)21-14-10-19(11-15-21)25-18-24(28)26-20-12-16-23(17-13-20)29-22-8-6-5-7-9-22/h5-17,25H,3-4,18H2,1-2H3,(H,26,28). The predicted octanol–water partition coefficient (Wildman–Crippen LogP) is 5.38. The molecule has 2 N–H and O–H groups in total. The predicted molar refractivity (Wildman–Crippen MR) is 120 cm³/mol. The van der Waals surface area contributed by atoms with Gasteiger partial charge in [0.05, 0.1) is 6.54 Å². The molecule has 0 atom stereocenters. The molecular weight excluding hydrogens is 362 g/mol. The average molecular weight is 389 g/mol. The van der Waals surface area contributed by atoms with E-state index in [1.807, 2.05) is 66.7 Å². The topological polar surface area (TPSA) is 53.6 Å². The summed E-state index contributed by atoms with van der Waals surface area (Å²) in [5, 5.41) is 6.04. The first-order chi connectivity index (χ1) is 14.2. The van der Waals surface area contributed by atoms with Crippen LogP contribution < -0.4 is 20.3 Å². The first-order valence-corrected chi connectivity index (χ1v) is 9.89. The van der Waals surface area contributed by atoms with Crippen LogP contribution >= 0.6 is 0 Å². The minimum Gasteiger partial charge on any atom is -0.457 e. The molecule has 3 rings (SSSR count). The number of hydrogen-bond donors (Lipinski definition) is 2. The van der Waals surface area contributed by atoms with E-state index in [-0.39, 0.29) is 12.5 Å². The third-order valence-corrected chi connectivity index (χ3v) is 4.57. The van der Waals surface area contributed by atoms with Gasteiger partial charge in [-0.25, -0.2) is 0 Å². The van der Waals surface area contributed by atoms with Crippen molar-refractivity contribution in [2.75, 3.05) is 35.2 Å². The Morgan fingerprint density at radius 1 is 0.793 bits per heavy atom. The molecule has 5 heteroatoms. The van der Waals surface area contributed by atoms with Crippen molar-refractivity contribution in [1.82, 2.24) is 0 Å². The van der Waals surface area contributed by atoms with Crippen molar-refractivity contribution in [2.45, 2.75) is 13.8 Å². The second-order valence-corrected chi connectivity index (χ2v) is 6.56. The molecule has 0 saturated carbocycles. The smallest absolute Gasteiger partial charge is 0.243 e. The van der Waals surface area contributed by atoms with E-state index < -0.39 is 0 Å². The summed E-state index contributed by atoms with van der Waals surface area (Å²) in [5.41, 5.74) is 2.83. The summed E-state index contributed by atoms with van der Waals surface area (Å²) in [6.45, 7) is 6.43. The Balaban J connectivity index is 1.48. The molecule has 0 aromatic heterocycles. The number of carbonyl (C=O) groups excluding carboxylic acids is 1. The molecular formula is C24H27N3O2. The van der Waals surface area contributed by atoms with E-state index in [1.165, 1.54) is 5.69 Å². The molecule has 5 nitrogen and oxygen atoms in total. The second kappa shape index (κ2) is 10.2. The van der Waals surface area contributed by atoms with Crippen LogP contribution in [0.1, 0.15) is 13.8 Å². The maximum atomic E-state index is 12.2. The highest BCUT2D eigenvalue weighted by Gasteiger charge is 2.05. The zero-order valence-electron chi connectivity index (χ0n) is 16.9. The number of rotatable bonds is 9. The lowest BCUT2D eigenvalue weighted by molar-refractivity contribution is -0.114. The number of amides is 1. The van der Waals surface area contributed by atoms with E-state index in [4.69, 9.17) is 4.74 Å². The molecule has 0 radical (unpaired) electrons. The Bertz CT molecular complexity index is 890. The van der Waals surface area contributed by atoms with Gasteiger partial charge in [0.15, 0.2) is 0 Å². The third kappa shape index (κ3) is 6.01. The zero-order valence-corrected chi connectivity index (χ0v) is 16.9. The molecule has 0 aliphatic heterocycles. The van der Waals surface area contributed by atoms with Gasteiger partial charge in [0.2, 0.25) is 5.91 Å². The monoisotopic (exact) mass is 389 g/mol. The maximum absolute atomic E-state index is 12.2. The van der Waals surface area contributed by atoms with E-state index in [2.05, 4.69) is 41.5 Å². The van der Waals surface area contributed by atoms with Crippen LogP contribution in [0.3, 0.4) is 0 Å². The van der Waals surface area contributed by atoms with Gasteiger partial charge in [-0.15, -0.1) is 0 Å². The van der Waals surface area contributed by atoms with Crippen molar-refractivity contribution in [3.8, 4) is 11.5 Å².